The van der Waals surface area contributed by atoms with Gasteiger partial charge in [-0.3, -0.25) is 9.59 Å². The number of hydrogen-bond donors (Lipinski definition) is 2. The van der Waals surface area contributed by atoms with Gasteiger partial charge in [-0.1, -0.05) is 31.1 Å². The summed E-state index contributed by atoms with van der Waals surface area (Å²) in [7, 11) is 0. The van der Waals surface area contributed by atoms with Crippen molar-refractivity contribution in [2.75, 3.05) is 0 Å². The van der Waals surface area contributed by atoms with E-state index in [1.165, 1.54) is 0 Å². The number of unbranched alkanes of at least 4 members (excludes halogenated alkanes) is 4. The Morgan fingerprint density at radius 1 is 1.17 bits per heavy atom. The van der Waals surface area contributed by atoms with Crippen molar-refractivity contribution in [3.05, 3.63) is 51.8 Å². The van der Waals surface area contributed by atoms with Gasteiger partial charge >= 0.3 is 5.97 Å². The first kappa shape index (κ1) is 17.0. The van der Waals surface area contributed by atoms with E-state index >= 15 is 0 Å². The molecular weight excluding hydrogens is 290 g/mol. The summed E-state index contributed by atoms with van der Waals surface area (Å²) < 4.78 is 0. The molecule has 0 atom stereocenters. The van der Waals surface area contributed by atoms with Crippen LogP contribution in [-0.4, -0.2) is 16.1 Å². The van der Waals surface area contributed by atoms with Gasteiger partial charge in [0.15, 0.2) is 5.43 Å². The fraction of sp³-hybridized carbons (Fsp3) is 0.368. The summed E-state index contributed by atoms with van der Waals surface area (Å²) in [5.41, 5.74) is 2.53. The van der Waals surface area contributed by atoms with Crippen molar-refractivity contribution in [3.63, 3.8) is 0 Å². The Hall–Kier alpha value is -2.36. The smallest absolute Gasteiger partial charge is 0.303 e. The summed E-state index contributed by atoms with van der Waals surface area (Å²) in [4.78, 5) is 26.0. The number of H-pyrrole nitrogens is 1. The fourth-order valence-electron chi connectivity index (χ4n) is 2.61. The van der Waals surface area contributed by atoms with Crippen LogP contribution < -0.4 is 5.43 Å². The molecule has 0 fully saturated rings. The third-order valence-corrected chi connectivity index (χ3v) is 3.98. The Morgan fingerprint density at radius 3 is 2.70 bits per heavy atom. The summed E-state index contributed by atoms with van der Waals surface area (Å²) in [6.45, 7) is 1.84. The molecule has 0 spiro atoms. The monoisotopic (exact) mass is 313 g/mol. The van der Waals surface area contributed by atoms with E-state index < -0.39 is 5.97 Å². The Morgan fingerprint density at radius 2 is 1.91 bits per heavy atom. The maximum absolute atomic E-state index is 12.3. The minimum Gasteiger partial charge on any atom is -0.481 e. The van der Waals surface area contributed by atoms with Crippen molar-refractivity contribution in [2.45, 2.75) is 45.4 Å². The molecule has 0 saturated carbocycles. The third kappa shape index (κ3) is 4.81. The number of fused-ring (bicyclic) bond motifs is 1. The zero-order valence-corrected chi connectivity index (χ0v) is 13.5. The molecule has 23 heavy (non-hydrogen) atoms. The van der Waals surface area contributed by atoms with Crippen molar-refractivity contribution < 1.29 is 9.90 Å². The topological polar surface area (TPSA) is 70.2 Å². The minimum absolute atomic E-state index is 0.0765. The van der Waals surface area contributed by atoms with Crippen molar-refractivity contribution >= 4 is 22.9 Å². The first-order valence-electron chi connectivity index (χ1n) is 8.09. The lowest BCUT2D eigenvalue weighted by molar-refractivity contribution is -0.137. The average Bonchev–Trinajstić information content (AvgIpc) is 2.54. The molecule has 0 unspecified atom stereocenters. The molecule has 1 aromatic heterocycles. The second-order valence-corrected chi connectivity index (χ2v) is 5.79. The molecule has 0 aliphatic carbocycles. The van der Waals surface area contributed by atoms with E-state index in [0.29, 0.717) is 0 Å². The SMILES string of the molecule is Cc1c(/C=C/CCCCCCC(=O)O)[nH]c2ccccc2c1=O. The zero-order valence-electron chi connectivity index (χ0n) is 13.5. The van der Waals surface area contributed by atoms with Gasteiger partial charge in [-0.15, -0.1) is 0 Å². The van der Waals surface area contributed by atoms with E-state index in [0.717, 1.165) is 54.3 Å². The highest BCUT2D eigenvalue weighted by atomic mass is 16.4. The highest BCUT2D eigenvalue weighted by Crippen LogP contribution is 2.13. The highest BCUT2D eigenvalue weighted by molar-refractivity contribution is 5.80. The number of aliphatic carboxylic acids is 1. The molecule has 0 aliphatic heterocycles. The van der Waals surface area contributed by atoms with E-state index in [4.69, 9.17) is 5.11 Å². The lowest BCUT2D eigenvalue weighted by Crippen LogP contribution is -2.09. The van der Waals surface area contributed by atoms with E-state index in [9.17, 15) is 9.59 Å². The van der Waals surface area contributed by atoms with Crippen LogP contribution in [0.5, 0.6) is 0 Å². The standard InChI is InChI=1S/C19H23NO3/c1-14-16(11-6-4-2-3-5-7-13-18(21)22)20-17-12-9-8-10-15(17)19(14)23/h6,8-12H,2-5,7,13H2,1H3,(H,20,23)(H,21,22)/b11-6+. The average molecular weight is 313 g/mol. The lowest BCUT2D eigenvalue weighted by atomic mass is 10.1. The molecule has 2 N–H and O–H groups in total. The van der Waals surface area contributed by atoms with Gasteiger partial charge in [0.2, 0.25) is 0 Å². The van der Waals surface area contributed by atoms with Crippen LogP contribution in [0.25, 0.3) is 17.0 Å². The molecule has 1 heterocycles. The molecule has 2 rings (SSSR count). The van der Waals surface area contributed by atoms with E-state index in [-0.39, 0.29) is 11.8 Å². The van der Waals surface area contributed by atoms with Crippen LogP contribution >= 0.6 is 0 Å². The Labute approximate surface area is 135 Å². The van der Waals surface area contributed by atoms with Crippen LogP contribution in [0.3, 0.4) is 0 Å². The number of para-hydroxylation sites is 1. The third-order valence-electron chi connectivity index (χ3n) is 3.98. The predicted octanol–water partition coefficient (Wildman–Crippen LogP) is 4.27. The summed E-state index contributed by atoms with van der Waals surface area (Å²) in [6, 6.07) is 7.54. The van der Waals surface area contributed by atoms with Gasteiger partial charge in [0, 0.05) is 28.6 Å². The molecule has 0 amide bonds. The molecule has 0 saturated heterocycles. The number of carboxylic acids is 1. The fourth-order valence-corrected chi connectivity index (χ4v) is 2.61. The number of carboxylic acid groups (broad SMARTS) is 1. The Bertz CT molecular complexity index is 759. The maximum Gasteiger partial charge on any atom is 0.303 e. The molecule has 2 aromatic rings. The Kier molecular flexibility index (Phi) is 6.15. The van der Waals surface area contributed by atoms with Crippen molar-refractivity contribution in [1.82, 2.24) is 4.98 Å². The zero-order chi connectivity index (χ0) is 16.7. The molecule has 122 valence electrons. The number of hydrogen-bond acceptors (Lipinski definition) is 2. The van der Waals surface area contributed by atoms with Gasteiger partial charge < -0.3 is 10.1 Å². The molecule has 0 radical (unpaired) electrons. The number of carbonyl (C=O) groups is 1. The van der Waals surface area contributed by atoms with Gasteiger partial charge in [0.05, 0.1) is 0 Å². The van der Waals surface area contributed by atoms with Crippen LogP contribution in [0.15, 0.2) is 35.1 Å². The van der Waals surface area contributed by atoms with E-state index in [1.54, 1.807) is 0 Å². The van der Waals surface area contributed by atoms with Gasteiger partial charge in [-0.2, -0.15) is 0 Å². The number of benzene rings is 1. The van der Waals surface area contributed by atoms with Gasteiger partial charge in [-0.05, 0) is 44.4 Å². The number of aromatic nitrogens is 1. The van der Waals surface area contributed by atoms with Gasteiger partial charge in [0.25, 0.3) is 0 Å². The van der Waals surface area contributed by atoms with Crippen molar-refractivity contribution in [2.24, 2.45) is 0 Å². The van der Waals surface area contributed by atoms with Crippen LogP contribution in [-0.2, 0) is 4.79 Å². The second-order valence-electron chi connectivity index (χ2n) is 5.79. The quantitative estimate of drug-likeness (QED) is 0.715. The molecule has 4 nitrogen and oxygen atoms in total. The van der Waals surface area contributed by atoms with Gasteiger partial charge in [-0.25, -0.2) is 0 Å². The molecular formula is C19H23NO3. The summed E-state index contributed by atoms with van der Waals surface area (Å²) in [5.74, 6) is -0.722. The normalized spacial score (nSPS) is 11.3. The van der Waals surface area contributed by atoms with Crippen LogP contribution in [0.4, 0.5) is 0 Å². The number of allylic oxidation sites excluding steroid dienone is 1. The number of pyridine rings is 1. The highest BCUT2D eigenvalue weighted by Gasteiger charge is 2.05. The van der Waals surface area contributed by atoms with Crippen LogP contribution in [0.1, 0.15) is 49.8 Å². The van der Waals surface area contributed by atoms with E-state index in [1.807, 2.05) is 37.3 Å². The minimum atomic E-state index is -0.722. The largest absolute Gasteiger partial charge is 0.481 e. The van der Waals surface area contributed by atoms with Gasteiger partial charge in [0.1, 0.15) is 0 Å². The van der Waals surface area contributed by atoms with Crippen molar-refractivity contribution in [3.8, 4) is 0 Å². The first-order valence-corrected chi connectivity index (χ1v) is 8.09. The van der Waals surface area contributed by atoms with Crippen molar-refractivity contribution in [1.29, 1.82) is 0 Å². The number of rotatable bonds is 8. The predicted molar refractivity (Wildman–Crippen MR) is 93.7 cm³/mol. The number of aromatic amines is 1. The molecule has 4 heteroatoms. The Balaban J connectivity index is 1.90. The van der Waals surface area contributed by atoms with E-state index in [2.05, 4.69) is 11.1 Å². The first-order chi connectivity index (χ1) is 11.1. The number of nitrogens with one attached hydrogen (secondary N) is 1. The lowest BCUT2D eigenvalue weighted by Gasteiger charge is -2.04. The second kappa shape index (κ2) is 8.32. The van der Waals surface area contributed by atoms with Crippen LogP contribution in [0.2, 0.25) is 0 Å². The molecule has 0 bridgehead atoms. The molecule has 1 aromatic carbocycles. The molecule has 0 aliphatic rings. The van der Waals surface area contributed by atoms with Crippen LogP contribution in [0, 0.1) is 6.92 Å². The summed E-state index contributed by atoms with van der Waals surface area (Å²) in [6.07, 6.45) is 9.00. The maximum atomic E-state index is 12.3. The summed E-state index contributed by atoms with van der Waals surface area (Å²) >= 11 is 0. The summed E-state index contributed by atoms with van der Waals surface area (Å²) in [5, 5.41) is 9.29.